The number of aliphatic hydroxyl groups is 3. The zero-order valence-electron chi connectivity index (χ0n) is 72.8. The van der Waals surface area contributed by atoms with Gasteiger partial charge in [-0.1, -0.05) is 134 Å². The number of anilines is 3. The summed E-state index contributed by atoms with van der Waals surface area (Å²) in [6.07, 6.45) is 14.9. The van der Waals surface area contributed by atoms with Crippen molar-refractivity contribution in [1.29, 1.82) is 0 Å². The summed E-state index contributed by atoms with van der Waals surface area (Å²) in [4.78, 5) is 82.5. The molecule has 0 unspecified atom stereocenters. The molecule has 0 bridgehead atoms. The molecule has 6 aromatic rings. The normalized spacial score (nSPS) is 18.9. The Balaban J connectivity index is 0.000000168. The molecule has 3 aromatic carbocycles. The van der Waals surface area contributed by atoms with E-state index in [2.05, 4.69) is 72.2 Å². The first kappa shape index (κ1) is 94.0. The number of ether oxygens (including phenoxy) is 6. The number of carbonyl (C=O) groups is 3. The number of piperidine rings is 3. The largest absolute Gasteiger partial charge is 0.496 e. The molecule has 0 saturated carbocycles. The van der Waals surface area contributed by atoms with Crippen molar-refractivity contribution in [2.45, 2.75) is 176 Å². The maximum atomic E-state index is 13.4. The highest BCUT2D eigenvalue weighted by atomic mass is 35.5. The number of fused-ring (bicyclic) bond motifs is 3. The predicted octanol–water partition coefficient (Wildman–Crippen LogP) is 12.1. The Bertz CT molecular complexity index is 4530. The van der Waals surface area contributed by atoms with Gasteiger partial charge in [-0.05, 0) is 91.7 Å². The second-order valence-electron chi connectivity index (χ2n) is 35.5. The van der Waals surface area contributed by atoms with Crippen LogP contribution in [0.2, 0.25) is 0 Å². The van der Waals surface area contributed by atoms with E-state index < -0.39 is 0 Å². The van der Waals surface area contributed by atoms with Crippen molar-refractivity contribution in [3.63, 3.8) is 0 Å². The van der Waals surface area contributed by atoms with Crippen LogP contribution in [-0.4, -0.2) is 288 Å². The van der Waals surface area contributed by atoms with Gasteiger partial charge in [-0.15, -0.1) is 0 Å². The standard InChI is InChI=1S/2C31H42ClN5O4.C30H40ClN5O4.CH4/c2*1-31(2,3)26(19-38)34-29-28-23(32)7-8-24(28)33-27(35-29)18-20-5-6-21(17-25(20)40-4)30(39)37-11-9-22(10-12-37)36-13-15-41-16-14-36;1-19(2)25(18-37)33-29-28-23(31)6-7-24(28)32-27(34-29)17-20-4-5-21(16-26(20)39-3)30(38)36-10-8-22(9-11-36)35-12-14-40-15-13-35;/h2*5-7,17,22,26,38H,8-16,18-19H2,1-4H3,(H,33,34,35);4-6,16,19,22,25,37H,7-15,17-18H2,1-3H3,(H,32,33,34);1H4/t2*26-;25-;/m100./s1. The zero-order chi connectivity index (χ0) is 86.5. The molecule has 6 N–H and O–H groups in total. The predicted molar refractivity (Wildman–Crippen MR) is 484 cm³/mol. The fourth-order valence-electron chi connectivity index (χ4n) is 17.5. The number of aromatic nitrogens is 6. The maximum Gasteiger partial charge on any atom is 0.253 e. The first-order valence-electron chi connectivity index (χ1n) is 43.5. The van der Waals surface area contributed by atoms with E-state index in [4.69, 9.17) is 93.1 Å². The van der Waals surface area contributed by atoms with Crippen molar-refractivity contribution in [3.05, 3.63) is 157 Å². The minimum atomic E-state index is -0.210. The molecule has 3 aromatic heterocycles. The van der Waals surface area contributed by atoms with Crippen molar-refractivity contribution >= 4 is 85.1 Å². The van der Waals surface area contributed by atoms with Crippen LogP contribution in [-0.2, 0) is 52.7 Å². The van der Waals surface area contributed by atoms with Crippen LogP contribution in [0.25, 0.3) is 15.1 Å². The van der Waals surface area contributed by atoms with Gasteiger partial charge >= 0.3 is 0 Å². The van der Waals surface area contributed by atoms with Gasteiger partial charge in [-0.3, -0.25) is 29.1 Å². The number of hydrogen-bond donors (Lipinski definition) is 6. The summed E-state index contributed by atoms with van der Waals surface area (Å²) in [5.74, 6) is 6.00. The smallest absolute Gasteiger partial charge is 0.253 e. The van der Waals surface area contributed by atoms with Gasteiger partial charge in [0.05, 0.1) is 133 Å². The lowest BCUT2D eigenvalue weighted by Crippen LogP contribution is -2.50. The molecular weight excluding hydrogens is 1630 g/mol. The number of aliphatic hydroxyl groups excluding tert-OH is 3. The SMILES string of the molecule is C.COc1cc(C(=O)N2CCC(N3CCOCC3)CC2)ccc1Cc1nc2c(c(N[C@@H](CO)C(C)(C)C)n1)C(Cl)=CC2.COc1cc(C(=O)N2CCC(N3CCOCC3)CC2)ccc1Cc1nc2c(c(N[C@@H](CO)C(C)C)n1)C(Cl)=CC2.COc1cc(C(=O)N2CCC(N3CCOCC3)CC2)ccc1Cc1nc2c(c(N[C@H](CO)C(C)(C)C)n1)C(Cl)=CC2. The molecule has 6 fully saturated rings. The number of hydrogen-bond acceptors (Lipinski definition) is 24. The number of rotatable bonds is 25. The molecule has 30 heteroatoms. The average Bonchev–Trinajstić information content (AvgIpc) is 1.47. The van der Waals surface area contributed by atoms with E-state index >= 15 is 0 Å². The van der Waals surface area contributed by atoms with Crippen LogP contribution in [0, 0.1) is 16.7 Å². The molecule has 6 saturated heterocycles. The van der Waals surface area contributed by atoms with Gasteiger partial charge in [0.2, 0.25) is 0 Å². The molecule has 123 heavy (non-hydrogen) atoms. The van der Waals surface area contributed by atoms with Crippen LogP contribution in [0.1, 0.15) is 200 Å². The van der Waals surface area contributed by atoms with Crippen LogP contribution in [0.4, 0.5) is 17.5 Å². The summed E-state index contributed by atoms with van der Waals surface area (Å²) in [6, 6.07) is 17.9. The molecule has 15 rings (SSSR count). The minimum Gasteiger partial charge on any atom is -0.496 e. The fourth-order valence-corrected chi connectivity index (χ4v) is 18.4. The molecule has 0 radical (unpaired) electrons. The third-order valence-electron chi connectivity index (χ3n) is 25.2. The van der Waals surface area contributed by atoms with Gasteiger partial charge in [0.1, 0.15) is 52.2 Å². The Morgan fingerprint density at radius 1 is 0.431 bits per heavy atom. The molecule has 9 heterocycles. The van der Waals surface area contributed by atoms with Crippen LogP contribution in [0.15, 0.2) is 72.8 Å². The number of morpholine rings is 3. The van der Waals surface area contributed by atoms with Crippen molar-refractivity contribution in [1.82, 2.24) is 59.3 Å². The maximum absolute atomic E-state index is 13.4. The molecule has 3 atom stereocenters. The second-order valence-corrected chi connectivity index (χ2v) is 36.7. The highest BCUT2D eigenvalue weighted by molar-refractivity contribution is 6.50. The van der Waals surface area contributed by atoms with Crippen LogP contribution in [0.5, 0.6) is 17.2 Å². The van der Waals surface area contributed by atoms with Crippen LogP contribution >= 0.6 is 34.8 Å². The van der Waals surface area contributed by atoms with E-state index in [1.165, 1.54) is 0 Å². The van der Waals surface area contributed by atoms with Crippen molar-refractivity contribution in [2.24, 2.45) is 16.7 Å². The van der Waals surface area contributed by atoms with Crippen molar-refractivity contribution in [3.8, 4) is 17.2 Å². The molecular formula is C93H128Cl3N15O12. The number of likely N-dealkylation sites (tertiary alicyclic amines) is 3. The Kier molecular flexibility index (Phi) is 32.8. The number of nitrogens with one attached hydrogen (secondary N) is 3. The average molecular weight is 1750 g/mol. The molecule has 0 spiro atoms. The summed E-state index contributed by atoms with van der Waals surface area (Å²) >= 11 is 19.5. The van der Waals surface area contributed by atoms with E-state index in [1.807, 2.05) is 101 Å². The number of halogens is 3. The van der Waals surface area contributed by atoms with E-state index in [1.54, 1.807) is 21.3 Å². The van der Waals surface area contributed by atoms with Crippen molar-refractivity contribution in [2.75, 3.05) is 175 Å². The number of benzene rings is 3. The van der Waals surface area contributed by atoms with Crippen LogP contribution in [0.3, 0.4) is 0 Å². The van der Waals surface area contributed by atoms with E-state index in [0.717, 1.165) is 207 Å². The first-order valence-corrected chi connectivity index (χ1v) is 44.6. The monoisotopic (exact) mass is 1750 g/mol. The molecule has 668 valence electrons. The quantitative estimate of drug-likeness (QED) is 0.0310. The molecule has 27 nitrogen and oxygen atoms in total. The highest BCUT2D eigenvalue weighted by Crippen LogP contribution is 2.41. The molecule has 6 aliphatic heterocycles. The van der Waals surface area contributed by atoms with Gasteiger partial charge in [0.25, 0.3) is 17.7 Å². The number of amides is 3. The van der Waals surface area contributed by atoms with E-state index in [9.17, 15) is 29.7 Å². The van der Waals surface area contributed by atoms with Crippen LogP contribution < -0.4 is 30.2 Å². The lowest BCUT2D eigenvalue weighted by atomic mass is 9.87. The Labute approximate surface area is 741 Å². The molecule has 9 aliphatic rings. The highest BCUT2D eigenvalue weighted by Gasteiger charge is 2.36. The van der Waals surface area contributed by atoms with Gasteiger partial charge in [0.15, 0.2) is 0 Å². The summed E-state index contributed by atoms with van der Waals surface area (Å²) in [5, 5.41) is 42.0. The summed E-state index contributed by atoms with van der Waals surface area (Å²) < 4.78 is 33.7. The fraction of sp³-hybridized carbons (Fsp3) is 0.581. The number of methoxy groups -OCH3 is 3. The second kappa shape index (κ2) is 42.9. The number of nitrogens with zero attached hydrogens (tertiary/aromatic N) is 12. The van der Waals surface area contributed by atoms with Crippen molar-refractivity contribution < 1.29 is 58.1 Å². The zero-order valence-corrected chi connectivity index (χ0v) is 75.1. The third kappa shape index (κ3) is 23.2. The molecule has 3 aliphatic carbocycles. The summed E-state index contributed by atoms with van der Waals surface area (Å²) in [5.41, 5.74) is 9.16. The number of allylic oxidation sites excluding steroid dienone is 3. The van der Waals surface area contributed by atoms with Gasteiger partial charge < -0.3 is 74.4 Å². The lowest BCUT2D eigenvalue weighted by Gasteiger charge is -2.40. The van der Waals surface area contributed by atoms with Gasteiger partial charge in [-0.2, -0.15) is 0 Å². The topological polar surface area (TPSA) is 300 Å². The lowest BCUT2D eigenvalue weighted by molar-refractivity contribution is 0.00158. The van der Waals surface area contributed by atoms with Gasteiger partial charge in [-0.25, -0.2) is 29.9 Å². The Morgan fingerprint density at radius 2 is 0.707 bits per heavy atom. The summed E-state index contributed by atoms with van der Waals surface area (Å²) in [6.45, 7) is 31.6. The Hall–Kier alpha value is -8.16. The van der Waals surface area contributed by atoms with Gasteiger partial charge in [0, 0.05) is 184 Å². The Morgan fingerprint density at radius 3 is 0.951 bits per heavy atom. The van der Waals surface area contributed by atoms with E-state index in [-0.39, 0.29) is 79.8 Å². The third-order valence-corrected chi connectivity index (χ3v) is 26.3. The van der Waals surface area contributed by atoms with E-state index in [0.29, 0.717) is 141 Å². The summed E-state index contributed by atoms with van der Waals surface area (Å²) in [7, 11) is 4.86. The minimum absolute atomic E-state index is 0. The number of carbonyl (C=O) groups excluding carboxylic acids is 3. The first-order chi connectivity index (χ1) is 58.7. The molecule has 3 amide bonds.